The maximum atomic E-state index is 12.2. The highest BCUT2D eigenvalue weighted by Gasteiger charge is 2.10. The van der Waals surface area contributed by atoms with E-state index >= 15 is 0 Å². The standard InChI is InChI=1S/C16H16N2OS2/c1-20-15-7-3-2-6-14(15)16(19)18-10-13-9-12(11-21-13)5-4-8-17/h2-3,6-7,9,11H,8,10,17H2,1H3,(H,18,19). The maximum Gasteiger partial charge on any atom is 0.252 e. The van der Waals surface area contributed by atoms with E-state index in [-0.39, 0.29) is 5.91 Å². The van der Waals surface area contributed by atoms with Crippen LogP contribution >= 0.6 is 23.1 Å². The molecule has 0 radical (unpaired) electrons. The van der Waals surface area contributed by atoms with Gasteiger partial charge in [0.2, 0.25) is 0 Å². The van der Waals surface area contributed by atoms with Gasteiger partial charge in [-0.1, -0.05) is 24.0 Å². The van der Waals surface area contributed by atoms with Gasteiger partial charge in [-0.25, -0.2) is 0 Å². The summed E-state index contributed by atoms with van der Waals surface area (Å²) in [7, 11) is 0. The Morgan fingerprint density at radius 2 is 2.24 bits per heavy atom. The molecule has 108 valence electrons. The molecule has 0 unspecified atom stereocenters. The van der Waals surface area contributed by atoms with Crippen molar-refractivity contribution in [1.29, 1.82) is 0 Å². The van der Waals surface area contributed by atoms with Gasteiger partial charge in [-0.05, 0) is 24.5 Å². The van der Waals surface area contributed by atoms with Crippen LogP contribution in [-0.4, -0.2) is 18.7 Å². The zero-order valence-electron chi connectivity index (χ0n) is 11.7. The molecule has 3 nitrogen and oxygen atoms in total. The van der Waals surface area contributed by atoms with Crippen LogP contribution in [0.25, 0.3) is 0 Å². The highest BCUT2D eigenvalue weighted by atomic mass is 32.2. The molecule has 1 aromatic heterocycles. The lowest BCUT2D eigenvalue weighted by atomic mass is 10.2. The van der Waals surface area contributed by atoms with Gasteiger partial charge in [0.1, 0.15) is 0 Å². The lowest BCUT2D eigenvalue weighted by Gasteiger charge is -2.07. The normalized spacial score (nSPS) is 9.81. The zero-order valence-corrected chi connectivity index (χ0v) is 13.3. The van der Waals surface area contributed by atoms with E-state index in [4.69, 9.17) is 5.73 Å². The second-order valence-corrected chi connectivity index (χ2v) is 6.03. The highest BCUT2D eigenvalue weighted by molar-refractivity contribution is 7.98. The van der Waals surface area contributed by atoms with E-state index in [1.54, 1.807) is 23.1 Å². The van der Waals surface area contributed by atoms with Crippen LogP contribution in [0.4, 0.5) is 0 Å². The summed E-state index contributed by atoms with van der Waals surface area (Å²) in [6.45, 7) is 0.865. The van der Waals surface area contributed by atoms with Crippen LogP contribution in [-0.2, 0) is 6.54 Å². The Hall–Kier alpha value is -1.74. The van der Waals surface area contributed by atoms with E-state index in [1.807, 2.05) is 42.0 Å². The average molecular weight is 316 g/mol. The van der Waals surface area contributed by atoms with Crippen LogP contribution < -0.4 is 11.1 Å². The zero-order chi connectivity index (χ0) is 15.1. The molecule has 2 aromatic rings. The molecule has 0 aliphatic rings. The third-order valence-electron chi connectivity index (χ3n) is 2.76. The van der Waals surface area contributed by atoms with Crippen LogP contribution in [0, 0.1) is 11.8 Å². The summed E-state index contributed by atoms with van der Waals surface area (Å²) in [4.78, 5) is 14.3. The topological polar surface area (TPSA) is 55.1 Å². The highest BCUT2D eigenvalue weighted by Crippen LogP contribution is 2.20. The van der Waals surface area contributed by atoms with Crippen LogP contribution in [0.15, 0.2) is 40.6 Å². The molecule has 1 heterocycles. The molecule has 0 bridgehead atoms. The summed E-state index contributed by atoms with van der Waals surface area (Å²) in [6.07, 6.45) is 1.97. The van der Waals surface area contributed by atoms with Crippen molar-refractivity contribution in [2.45, 2.75) is 11.4 Å². The Bertz CT molecular complexity index is 683. The fourth-order valence-corrected chi connectivity index (χ4v) is 3.14. The lowest BCUT2D eigenvalue weighted by molar-refractivity contribution is 0.0948. The number of carbonyl (C=O) groups is 1. The number of benzene rings is 1. The van der Waals surface area contributed by atoms with Gasteiger partial charge in [0.25, 0.3) is 5.91 Å². The number of nitrogens with two attached hydrogens (primary N) is 1. The number of nitrogens with one attached hydrogen (secondary N) is 1. The molecular weight excluding hydrogens is 300 g/mol. The third-order valence-corrected chi connectivity index (χ3v) is 4.50. The molecule has 0 saturated carbocycles. The van der Waals surface area contributed by atoms with Crippen molar-refractivity contribution in [2.75, 3.05) is 12.8 Å². The summed E-state index contributed by atoms with van der Waals surface area (Å²) in [5.41, 5.74) is 7.00. The largest absolute Gasteiger partial charge is 0.347 e. The average Bonchev–Trinajstić information content (AvgIpc) is 2.98. The minimum Gasteiger partial charge on any atom is -0.347 e. The van der Waals surface area contributed by atoms with E-state index in [1.165, 1.54) is 0 Å². The minimum atomic E-state index is -0.0528. The summed E-state index contributed by atoms with van der Waals surface area (Å²) < 4.78 is 0. The molecule has 0 aliphatic heterocycles. The van der Waals surface area contributed by atoms with Crippen molar-refractivity contribution in [3.8, 4) is 11.8 Å². The Morgan fingerprint density at radius 3 is 3.00 bits per heavy atom. The van der Waals surface area contributed by atoms with Gasteiger partial charge < -0.3 is 11.1 Å². The molecule has 0 atom stereocenters. The molecule has 0 fully saturated rings. The molecular formula is C16H16N2OS2. The maximum absolute atomic E-state index is 12.2. The second-order valence-electron chi connectivity index (χ2n) is 4.19. The number of hydrogen-bond donors (Lipinski definition) is 2. The number of carbonyl (C=O) groups excluding carboxylic acids is 1. The monoisotopic (exact) mass is 316 g/mol. The first-order valence-corrected chi connectivity index (χ1v) is 8.52. The van der Waals surface area contributed by atoms with E-state index in [2.05, 4.69) is 17.2 Å². The van der Waals surface area contributed by atoms with E-state index < -0.39 is 0 Å². The molecule has 1 aromatic carbocycles. The number of amides is 1. The molecule has 5 heteroatoms. The summed E-state index contributed by atoms with van der Waals surface area (Å²) >= 11 is 3.15. The van der Waals surface area contributed by atoms with Gasteiger partial charge in [0, 0.05) is 20.7 Å². The smallest absolute Gasteiger partial charge is 0.252 e. The van der Waals surface area contributed by atoms with Crippen molar-refractivity contribution in [2.24, 2.45) is 5.73 Å². The first-order chi connectivity index (χ1) is 10.2. The quantitative estimate of drug-likeness (QED) is 0.673. The van der Waals surface area contributed by atoms with Crippen molar-refractivity contribution in [1.82, 2.24) is 5.32 Å². The number of rotatable bonds is 4. The van der Waals surface area contributed by atoms with E-state index in [0.717, 1.165) is 15.3 Å². The summed E-state index contributed by atoms with van der Waals surface area (Å²) in [5, 5.41) is 4.92. The van der Waals surface area contributed by atoms with Crippen molar-refractivity contribution >= 4 is 29.0 Å². The molecule has 3 N–H and O–H groups in total. The fourth-order valence-electron chi connectivity index (χ4n) is 1.79. The van der Waals surface area contributed by atoms with E-state index in [9.17, 15) is 4.79 Å². The van der Waals surface area contributed by atoms with Crippen LogP contribution in [0.5, 0.6) is 0 Å². The first kappa shape index (κ1) is 15.6. The molecule has 2 rings (SSSR count). The lowest BCUT2D eigenvalue weighted by Crippen LogP contribution is -2.22. The predicted octanol–water partition coefficient (Wildman–Crippen LogP) is 2.71. The van der Waals surface area contributed by atoms with Gasteiger partial charge in [-0.2, -0.15) is 0 Å². The number of thioether (sulfide) groups is 1. The van der Waals surface area contributed by atoms with Crippen molar-refractivity contribution < 1.29 is 4.79 Å². The number of hydrogen-bond acceptors (Lipinski definition) is 4. The number of thiophene rings is 1. The molecule has 0 saturated heterocycles. The first-order valence-electron chi connectivity index (χ1n) is 6.42. The van der Waals surface area contributed by atoms with Crippen molar-refractivity contribution in [3.05, 3.63) is 51.7 Å². The summed E-state index contributed by atoms with van der Waals surface area (Å²) in [6, 6.07) is 9.58. The fraction of sp³-hybridized carbons (Fsp3) is 0.188. The van der Waals surface area contributed by atoms with Crippen molar-refractivity contribution in [3.63, 3.8) is 0 Å². The molecule has 1 amide bonds. The minimum absolute atomic E-state index is 0.0528. The SMILES string of the molecule is CSc1ccccc1C(=O)NCc1cc(C#CCN)cs1. The Morgan fingerprint density at radius 1 is 1.43 bits per heavy atom. The van der Waals surface area contributed by atoms with Gasteiger partial charge in [0.15, 0.2) is 0 Å². The second kappa shape index (κ2) is 7.89. The van der Waals surface area contributed by atoms with Gasteiger partial charge in [-0.15, -0.1) is 23.1 Å². The van der Waals surface area contributed by atoms with Gasteiger partial charge in [0.05, 0.1) is 18.7 Å². The van der Waals surface area contributed by atoms with Gasteiger partial charge in [-0.3, -0.25) is 4.79 Å². The molecule has 21 heavy (non-hydrogen) atoms. The van der Waals surface area contributed by atoms with Crippen LogP contribution in [0.1, 0.15) is 20.8 Å². The Balaban J connectivity index is 1.99. The Kier molecular flexibility index (Phi) is 5.88. The summed E-state index contributed by atoms with van der Waals surface area (Å²) in [5.74, 6) is 5.75. The van der Waals surface area contributed by atoms with Crippen LogP contribution in [0.3, 0.4) is 0 Å². The predicted molar refractivity (Wildman–Crippen MR) is 89.6 cm³/mol. The molecule has 0 spiro atoms. The van der Waals surface area contributed by atoms with Gasteiger partial charge >= 0.3 is 0 Å². The molecule has 0 aliphatic carbocycles. The van der Waals surface area contributed by atoms with Crippen LogP contribution in [0.2, 0.25) is 0 Å². The van der Waals surface area contributed by atoms with E-state index in [0.29, 0.717) is 18.7 Å². The third kappa shape index (κ3) is 4.36. The Labute approximate surface area is 132 Å².